The fraction of sp³-hybridized carbons (Fsp3) is 0.643. The van der Waals surface area contributed by atoms with E-state index in [4.69, 9.17) is 0 Å². The van der Waals surface area contributed by atoms with Crippen LogP contribution in [0.4, 0.5) is 5.95 Å². The van der Waals surface area contributed by atoms with Crippen LogP contribution in [0.15, 0.2) is 12.3 Å². The number of amides is 1. The number of aromatic nitrogens is 2. The fourth-order valence-electron chi connectivity index (χ4n) is 2.38. The maximum atomic E-state index is 12.5. The van der Waals surface area contributed by atoms with Gasteiger partial charge in [-0.05, 0) is 26.6 Å². The number of anilines is 1. The molecule has 23 heavy (non-hydrogen) atoms. The van der Waals surface area contributed by atoms with E-state index in [9.17, 15) is 13.2 Å². The van der Waals surface area contributed by atoms with Gasteiger partial charge in [-0.3, -0.25) is 4.79 Å². The molecule has 1 aromatic heterocycles. The Balaban J connectivity index is 2.01. The summed E-state index contributed by atoms with van der Waals surface area (Å²) in [6.07, 6.45) is 2.00. The highest BCUT2D eigenvalue weighted by atomic mass is 32.2. The van der Waals surface area contributed by atoms with Crippen molar-refractivity contribution in [2.45, 2.75) is 12.5 Å². The number of carbonyl (C=O) groups excluding carboxylic acids is 1. The molecule has 1 aliphatic rings. The van der Waals surface area contributed by atoms with Crippen LogP contribution in [0.5, 0.6) is 0 Å². The van der Waals surface area contributed by atoms with Gasteiger partial charge in [0.15, 0.2) is 9.84 Å². The van der Waals surface area contributed by atoms with Gasteiger partial charge in [0.2, 0.25) is 5.95 Å². The van der Waals surface area contributed by atoms with Crippen molar-refractivity contribution in [1.82, 2.24) is 19.8 Å². The molecule has 1 atom stereocenters. The SMILES string of the molecule is CN(C)CCNc1nccc(C(=O)N(C)C2CCS(=O)(=O)C2)n1. The van der Waals surface area contributed by atoms with Crippen LogP contribution in [0.2, 0.25) is 0 Å². The minimum atomic E-state index is -3.03. The molecule has 2 rings (SSSR count). The highest BCUT2D eigenvalue weighted by Gasteiger charge is 2.33. The van der Waals surface area contributed by atoms with E-state index in [0.29, 0.717) is 18.9 Å². The average molecular weight is 341 g/mol. The van der Waals surface area contributed by atoms with Crippen molar-refractivity contribution in [3.05, 3.63) is 18.0 Å². The lowest BCUT2D eigenvalue weighted by Gasteiger charge is -2.23. The monoisotopic (exact) mass is 341 g/mol. The van der Waals surface area contributed by atoms with E-state index >= 15 is 0 Å². The molecule has 0 bridgehead atoms. The Hall–Kier alpha value is -1.74. The molecule has 1 aromatic rings. The number of hydrogen-bond acceptors (Lipinski definition) is 7. The zero-order chi connectivity index (χ0) is 17.0. The number of nitrogens with zero attached hydrogens (tertiary/aromatic N) is 4. The second kappa shape index (κ2) is 7.22. The van der Waals surface area contributed by atoms with E-state index in [2.05, 4.69) is 15.3 Å². The topological polar surface area (TPSA) is 95.5 Å². The van der Waals surface area contributed by atoms with Crippen molar-refractivity contribution >= 4 is 21.7 Å². The van der Waals surface area contributed by atoms with Crippen molar-refractivity contribution < 1.29 is 13.2 Å². The van der Waals surface area contributed by atoms with Crippen molar-refractivity contribution in [2.75, 3.05) is 51.1 Å². The molecular formula is C14H23N5O3S. The third-order valence-corrected chi connectivity index (χ3v) is 5.54. The lowest BCUT2D eigenvalue weighted by Crippen LogP contribution is -2.38. The van der Waals surface area contributed by atoms with E-state index in [-0.39, 0.29) is 29.1 Å². The third kappa shape index (κ3) is 4.87. The minimum Gasteiger partial charge on any atom is -0.353 e. The van der Waals surface area contributed by atoms with Gasteiger partial charge >= 0.3 is 0 Å². The average Bonchev–Trinajstić information content (AvgIpc) is 2.86. The van der Waals surface area contributed by atoms with Gasteiger partial charge in [-0.1, -0.05) is 0 Å². The van der Waals surface area contributed by atoms with Gasteiger partial charge in [-0.15, -0.1) is 0 Å². The van der Waals surface area contributed by atoms with Crippen LogP contribution >= 0.6 is 0 Å². The molecule has 128 valence electrons. The predicted molar refractivity (Wildman–Crippen MR) is 88.2 cm³/mol. The van der Waals surface area contributed by atoms with Crippen LogP contribution in [0.25, 0.3) is 0 Å². The second-order valence-corrected chi connectivity index (χ2v) is 8.20. The lowest BCUT2D eigenvalue weighted by molar-refractivity contribution is 0.0741. The molecule has 1 unspecified atom stereocenters. The summed E-state index contributed by atoms with van der Waals surface area (Å²) in [5, 5.41) is 3.06. The summed E-state index contributed by atoms with van der Waals surface area (Å²) in [4.78, 5) is 24.3. The number of likely N-dealkylation sites (N-methyl/N-ethyl adjacent to an activating group) is 1. The first-order valence-corrected chi connectivity index (χ1v) is 9.30. The van der Waals surface area contributed by atoms with Crippen LogP contribution in [0, 0.1) is 0 Å². The number of hydrogen-bond donors (Lipinski definition) is 1. The second-order valence-electron chi connectivity index (χ2n) is 5.97. The van der Waals surface area contributed by atoms with E-state index in [0.717, 1.165) is 6.54 Å². The Labute approximate surface area is 136 Å². The Bertz CT molecular complexity index is 662. The first-order valence-electron chi connectivity index (χ1n) is 7.48. The molecule has 0 spiro atoms. The summed E-state index contributed by atoms with van der Waals surface area (Å²) in [6, 6.07) is 1.26. The van der Waals surface area contributed by atoms with Crippen molar-refractivity contribution in [2.24, 2.45) is 0 Å². The van der Waals surface area contributed by atoms with E-state index in [1.807, 2.05) is 19.0 Å². The Morgan fingerprint density at radius 1 is 1.39 bits per heavy atom. The van der Waals surface area contributed by atoms with E-state index in [1.54, 1.807) is 13.1 Å². The quantitative estimate of drug-likeness (QED) is 0.759. The fourth-order valence-corrected chi connectivity index (χ4v) is 4.16. The molecule has 2 heterocycles. The summed E-state index contributed by atoms with van der Waals surface area (Å²) in [7, 11) is 2.52. The van der Waals surface area contributed by atoms with Crippen LogP contribution < -0.4 is 5.32 Å². The van der Waals surface area contributed by atoms with Crippen LogP contribution in [-0.4, -0.2) is 85.9 Å². The molecule has 1 saturated heterocycles. The maximum absolute atomic E-state index is 12.5. The minimum absolute atomic E-state index is 0.0221. The Morgan fingerprint density at radius 3 is 2.74 bits per heavy atom. The normalized spacial score (nSPS) is 19.7. The molecule has 1 amide bonds. The standard InChI is InChI=1S/C14H23N5O3S/c1-18(2)8-7-16-14-15-6-4-12(17-14)13(20)19(3)11-5-9-23(21,22)10-11/h4,6,11H,5,7-10H2,1-3H3,(H,15,16,17). The van der Waals surface area contributed by atoms with Gasteiger partial charge in [0.1, 0.15) is 5.69 Å². The highest BCUT2D eigenvalue weighted by molar-refractivity contribution is 7.91. The molecular weight excluding hydrogens is 318 g/mol. The van der Waals surface area contributed by atoms with E-state index in [1.165, 1.54) is 11.1 Å². The molecule has 8 nitrogen and oxygen atoms in total. The third-order valence-electron chi connectivity index (χ3n) is 3.79. The van der Waals surface area contributed by atoms with Gasteiger partial charge in [0.05, 0.1) is 11.5 Å². The maximum Gasteiger partial charge on any atom is 0.272 e. The van der Waals surface area contributed by atoms with Gasteiger partial charge in [-0.2, -0.15) is 0 Å². The Kier molecular flexibility index (Phi) is 5.53. The van der Waals surface area contributed by atoms with Crippen LogP contribution in [-0.2, 0) is 9.84 Å². The first kappa shape index (κ1) is 17.6. The Morgan fingerprint density at radius 2 is 2.13 bits per heavy atom. The molecule has 1 fully saturated rings. The summed E-state index contributed by atoms with van der Waals surface area (Å²) in [5.74, 6) is 0.264. The zero-order valence-corrected chi connectivity index (χ0v) is 14.5. The van der Waals surface area contributed by atoms with Gasteiger partial charge < -0.3 is 15.1 Å². The van der Waals surface area contributed by atoms with Crippen molar-refractivity contribution in [3.8, 4) is 0 Å². The lowest BCUT2D eigenvalue weighted by atomic mass is 10.2. The van der Waals surface area contributed by atoms with E-state index < -0.39 is 9.84 Å². The van der Waals surface area contributed by atoms with Gasteiger partial charge in [-0.25, -0.2) is 18.4 Å². The number of rotatable bonds is 6. The summed E-state index contributed by atoms with van der Waals surface area (Å²) in [6.45, 7) is 1.49. The van der Waals surface area contributed by atoms with Crippen LogP contribution in [0.3, 0.4) is 0 Å². The first-order chi connectivity index (χ1) is 10.8. The summed E-state index contributed by atoms with van der Waals surface area (Å²) < 4.78 is 23.1. The number of carbonyl (C=O) groups is 1. The molecule has 0 aliphatic carbocycles. The molecule has 0 radical (unpaired) electrons. The molecule has 1 aliphatic heterocycles. The summed E-state index contributed by atoms with van der Waals surface area (Å²) >= 11 is 0. The molecule has 1 N–H and O–H groups in total. The number of nitrogens with one attached hydrogen (secondary N) is 1. The smallest absolute Gasteiger partial charge is 0.272 e. The van der Waals surface area contributed by atoms with Gasteiger partial charge in [0, 0.05) is 32.4 Å². The molecule has 0 aromatic carbocycles. The predicted octanol–water partition coefficient (Wildman–Crippen LogP) is -0.291. The largest absolute Gasteiger partial charge is 0.353 e. The van der Waals surface area contributed by atoms with Gasteiger partial charge in [0.25, 0.3) is 5.91 Å². The number of sulfone groups is 1. The summed E-state index contributed by atoms with van der Waals surface area (Å²) in [5.41, 5.74) is 0.263. The van der Waals surface area contributed by atoms with Crippen LogP contribution in [0.1, 0.15) is 16.9 Å². The highest BCUT2D eigenvalue weighted by Crippen LogP contribution is 2.18. The van der Waals surface area contributed by atoms with Crippen molar-refractivity contribution in [1.29, 1.82) is 0 Å². The molecule has 9 heteroatoms. The molecule has 0 saturated carbocycles. The van der Waals surface area contributed by atoms with Crippen molar-refractivity contribution in [3.63, 3.8) is 0 Å². The zero-order valence-electron chi connectivity index (χ0n) is 13.7.